The van der Waals surface area contributed by atoms with E-state index < -0.39 is 0 Å². The van der Waals surface area contributed by atoms with Crippen LogP contribution in [0.2, 0.25) is 5.02 Å². The summed E-state index contributed by atoms with van der Waals surface area (Å²) < 4.78 is 5.58. The van der Waals surface area contributed by atoms with Crippen LogP contribution in [0.15, 0.2) is 18.2 Å². The van der Waals surface area contributed by atoms with Crippen LogP contribution in [0.25, 0.3) is 0 Å². The maximum absolute atomic E-state index is 12.3. The Morgan fingerprint density at radius 1 is 1.39 bits per heavy atom. The second kappa shape index (κ2) is 5.16. The molecule has 0 spiro atoms. The highest BCUT2D eigenvalue weighted by molar-refractivity contribution is 6.34. The second-order valence-electron chi connectivity index (χ2n) is 4.63. The van der Waals surface area contributed by atoms with Crippen molar-refractivity contribution in [1.82, 2.24) is 4.90 Å². The lowest BCUT2D eigenvalue weighted by molar-refractivity contribution is -0.0586. The molecule has 18 heavy (non-hydrogen) atoms. The molecule has 0 saturated carbocycles. The minimum Gasteiger partial charge on any atom is -0.508 e. The van der Waals surface area contributed by atoms with Crippen molar-refractivity contribution < 1.29 is 14.6 Å². The van der Waals surface area contributed by atoms with E-state index in [1.807, 2.05) is 13.8 Å². The molecule has 1 aliphatic rings. The number of phenolic OH excluding ortho intramolecular Hbond substituents is 1. The van der Waals surface area contributed by atoms with Gasteiger partial charge in [0, 0.05) is 13.1 Å². The third-order valence-corrected chi connectivity index (χ3v) is 3.20. The quantitative estimate of drug-likeness (QED) is 0.851. The average Bonchev–Trinajstić information content (AvgIpc) is 2.26. The summed E-state index contributed by atoms with van der Waals surface area (Å²) >= 11 is 5.98. The van der Waals surface area contributed by atoms with Crippen molar-refractivity contribution >= 4 is 17.5 Å². The molecule has 0 bridgehead atoms. The van der Waals surface area contributed by atoms with Gasteiger partial charge in [-0.3, -0.25) is 4.79 Å². The molecular formula is C13H16ClNO3. The van der Waals surface area contributed by atoms with Crippen molar-refractivity contribution in [1.29, 1.82) is 0 Å². The van der Waals surface area contributed by atoms with Crippen LogP contribution in [-0.4, -0.2) is 41.2 Å². The van der Waals surface area contributed by atoms with Gasteiger partial charge < -0.3 is 14.7 Å². The van der Waals surface area contributed by atoms with Crippen LogP contribution < -0.4 is 0 Å². The molecule has 0 aromatic heterocycles. The molecule has 1 aliphatic heterocycles. The predicted octanol–water partition coefficient (Wildman–Crippen LogP) is 2.29. The smallest absolute Gasteiger partial charge is 0.255 e. The third kappa shape index (κ3) is 2.76. The van der Waals surface area contributed by atoms with E-state index in [2.05, 4.69) is 0 Å². The van der Waals surface area contributed by atoms with Crippen LogP contribution in [0.1, 0.15) is 24.2 Å². The molecule has 0 aliphatic carbocycles. The molecule has 1 heterocycles. The van der Waals surface area contributed by atoms with Gasteiger partial charge in [0.1, 0.15) is 5.75 Å². The number of carbonyl (C=O) groups excluding carboxylic acids is 1. The van der Waals surface area contributed by atoms with E-state index in [1.54, 1.807) is 11.0 Å². The first kappa shape index (κ1) is 13.2. The Hall–Kier alpha value is -1.26. The molecule has 1 N–H and O–H groups in total. The van der Waals surface area contributed by atoms with Gasteiger partial charge in [-0.1, -0.05) is 11.6 Å². The van der Waals surface area contributed by atoms with Gasteiger partial charge in [0.25, 0.3) is 5.91 Å². The maximum atomic E-state index is 12.3. The lowest BCUT2D eigenvalue weighted by Gasteiger charge is -2.35. The topological polar surface area (TPSA) is 49.8 Å². The SMILES string of the molecule is CC1CN(C(=O)c2ccc(O)cc2Cl)CC(C)O1. The fourth-order valence-corrected chi connectivity index (χ4v) is 2.45. The van der Waals surface area contributed by atoms with Crippen molar-refractivity contribution in [2.45, 2.75) is 26.1 Å². The summed E-state index contributed by atoms with van der Waals surface area (Å²) in [5.74, 6) is -0.0673. The van der Waals surface area contributed by atoms with E-state index in [9.17, 15) is 9.90 Å². The summed E-state index contributed by atoms with van der Waals surface area (Å²) in [6.07, 6.45) is 0.0437. The van der Waals surface area contributed by atoms with Crippen molar-refractivity contribution in [3.8, 4) is 5.75 Å². The van der Waals surface area contributed by atoms with E-state index in [0.29, 0.717) is 18.7 Å². The molecule has 1 amide bonds. The molecule has 5 heteroatoms. The fourth-order valence-electron chi connectivity index (χ4n) is 2.19. The van der Waals surface area contributed by atoms with Crippen LogP contribution in [0, 0.1) is 0 Å². The highest BCUT2D eigenvalue weighted by Gasteiger charge is 2.27. The third-order valence-electron chi connectivity index (χ3n) is 2.89. The molecular weight excluding hydrogens is 254 g/mol. The second-order valence-corrected chi connectivity index (χ2v) is 5.04. The molecule has 1 fully saturated rings. The minimum absolute atomic E-state index is 0.0218. The number of morpholine rings is 1. The molecule has 98 valence electrons. The number of amides is 1. The molecule has 2 atom stereocenters. The number of rotatable bonds is 1. The van der Waals surface area contributed by atoms with Gasteiger partial charge in [0.05, 0.1) is 22.8 Å². The first-order valence-corrected chi connectivity index (χ1v) is 6.28. The van der Waals surface area contributed by atoms with Gasteiger partial charge in [-0.05, 0) is 32.0 Å². The Morgan fingerprint density at radius 2 is 2.00 bits per heavy atom. The van der Waals surface area contributed by atoms with Gasteiger partial charge >= 0.3 is 0 Å². The zero-order valence-corrected chi connectivity index (χ0v) is 11.1. The molecule has 1 aromatic rings. The monoisotopic (exact) mass is 269 g/mol. The Balaban J connectivity index is 2.20. The Kier molecular flexibility index (Phi) is 3.78. The van der Waals surface area contributed by atoms with Gasteiger partial charge in [-0.2, -0.15) is 0 Å². The zero-order chi connectivity index (χ0) is 13.3. The van der Waals surface area contributed by atoms with E-state index in [-0.39, 0.29) is 28.9 Å². The number of benzene rings is 1. The number of nitrogens with zero attached hydrogens (tertiary/aromatic N) is 1. The van der Waals surface area contributed by atoms with Crippen LogP contribution in [0.5, 0.6) is 5.75 Å². The summed E-state index contributed by atoms with van der Waals surface area (Å²) in [4.78, 5) is 14.1. The van der Waals surface area contributed by atoms with Crippen LogP contribution in [0.3, 0.4) is 0 Å². The number of hydrogen-bond donors (Lipinski definition) is 1. The van der Waals surface area contributed by atoms with Crippen molar-refractivity contribution in [2.75, 3.05) is 13.1 Å². The lowest BCUT2D eigenvalue weighted by atomic mass is 10.1. The van der Waals surface area contributed by atoms with Crippen molar-refractivity contribution in [3.05, 3.63) is 28.8 Å². The number of halogens is 1. The summed E-state index contributed by atoms with van der Waals surface area (Å²) in [7, 11) is 0. The summed E-state index contributed by atoms with van der Waals surface area (Å²) in [5.41, 5.74) is 0.413. The Bertz CT molecular complexity index is 454. The van der Waals surface area contributed by atoms with Gasteiger partial charge in [0.15, 0.2) is 0 Å². The molecule has 2 rings (SSSR count). The summed E-state index contributed by atoms with van der Waals surface area (Å²) in [6, 6.07) is 4.39. The standard InChI is InChI=1S/C13H16ClNO3/c1-8-6-15(7-9(2)18-8)13(17)11-4-3-10(16)5-12(11)14/h3-5,8-9,16H,6-7H2,1-2H3. The first-order valence-electron chi connectivity index (χ1n) is 5.90. The van der Waals surface area contributed by atoms with Crippen molar-refractivity contribution in [2.24, 2.45) is 0 Å². The minimum atomic E-state index is -0.123. The number of aromatic hydroxyl groups is 1. The highest BCUT2D eigenvalue weighted by Crippen LogP contribution is 2.24. The van der Waals surface area contributed by atoms with E-state index in [4.69, 9.17) is 16.3 Å². The van der Waals surface area contributed by atoms with Crippen LogP contribution >= 0.6 is 11.6 Å². The normalized spacial score (nSPS) is 24.1. The predicted molar refractivity (Wildman–Crippen MR) is 69.0 cm³/mol. The Morgan fingerprint density at radius 3 is 2.56 bits per heavy atom. The molecule has 1 saturated heterocycles. The molecule has 2 unspecified atom stereocenters. The zero-order valence-electron chi connectivity index (χ0n) is 10.4. The number of phenols is 1. The van der Waals surface area contributed by atoms with E-state index >= 15 is 0 Å². The molecule has 1 aromatic carbocycles. The molecule has 0 radical (unpaired) electrons. The summed E-state index contributed by atoms with van der Waals surface area (Å²) in [6.45, 7) is 4.99. The molecule has 4 nitrogen and oxygen atoms in total. The number of carbonyl (C=O) groups is 1. The van der Waals surface area contributed by atoms with Gasteiger partial charge in [-0.25, -0.2) is 0 Å². The summed E-state index contributed by atoms with van der Waals surface area (Å²) in [5, 5.41) is 9.55. The van der Waals surface area contributed by atoms with E-state index in [0.717, 1.165) is 0 Å². The van der Waals surface area contributed by atoms with Crippen LogP contribution in [0.4, 0.5) is 0 Å². The van der Waals surface area contributed by atoms with Gasteiger partial charge in [-0.15, -0.1) is 0 Å². The average molecular weight is 270 g/mol. The van der Waals surface area contributed by atoms with Crippen molar-refractivity contribution in [3.63, 3.8) is 0 Å². The fraction of sp³-hybridized carbons (Fsp3) is 0.462. The first-order chi connectivity index (χ1) is 8.47. The maximum Gasteiger partial charge on any atom is 0.255 e. The van der Waals surface area contributed by atoms with Gasteiger partial charge in [0.2, 0.25) is 0 Å². The number of ether oxygens (including phenoxy) is 1. The Labute approximate surface area is 111 Å². The highest BCUT2D eigenvalue weighted by atomic mass is 35.5. The van der Waals surface area contributed by atoms with Crippen LogP contribution in [-0.2, 0) is 4.74 Å². The lowest BCUT2D eigenvalue weighted by Crippen LogP contribution is -2.48. The largest absolute Gasteiger partial charge is 0.508 e. The number of hydrogen-bond acceptors (Lipinski definition) is 3. The van der Waals surface area contributed by atoms with E-state index in [1.165, 1.54) is 12.1 Å².